The van der Waals surface area contributed by atoms with E-state index in [0.29, 0.717) is 11.6 Å². The van der Waals surface area contributed by atoms with Crippen LogP contribution in [0.25, 0.3) is 10.9 Å². The van der Waals surface area contributed by atoms with Crippen molar-refractivity contribution in [3.63, 3.8) is 0 Å². The molecule has 0 aliphatic heterocycles. The maximum atomic E-state index is 12.5. The van der Waals surface area contributed by atoms with E-state index < -0.39 is 6.10 Å². The summed E-state index contributed by atoms with van der Waals surface area (Å²) >= 11 is 0. The lowest BCUT2D eigenvalue weighted by Gasteiger charge is -2.30. The molecular weight excluding hydrogens is 338 g/mol. The topological polar surface area (TPSA) is 78.1 Å². The van der Waals surface area contributed by atoms with Gasteiger partial charge in [-0.15, -0.1) is 0 Å². The standard InChI is InChI=1S/C22H21N3O2/c23-14-15-9-10-17-12-21(25(19(17)11-15)18-7-4-8-18)24-22(27)13-20(26)16-5-2-1-3-6-16/h1-3,5-6,9-12,18,20,26H,4,7-8,13H2,(H,24,27)/t20-/m1/s1. The summed E-state index contributed by atoms with van der Waals surface area (Å²) in [6.45, 7) is 0. The molecular formula is C22H21N3O2. The number of nitrogens with zero attached hydrogens (tertiary/aromatic N) is 2. The number of carbonyl (C=O) groups excluding carboxylic acids is 1. The van der Waals surface area contributed by atoms with Crippen LogP contribution in [0.2, 0.25) is 0 Å². The van der Waals surface area contributed by atoms with Gasteiger partial charge in [0, 0.05) is 11.4 Å². The average Bonchev–Trinajstić information content (AvgIpc) is 2.98. The number of aliphatic hydroxyl groups is 1. The number of nitrogens with one attached hydrogen (secondary N) is 1. The summed E-state index contributed by atoms with van der Waals surface area (Å²) in [7, 11) is 0. The van der Waals surface area contributed by atoms with Crippen LogP contribution in [0.4, 0.5) is 5.82 Å². The SMILES string of the molecule is N#Cc1ccc2cc(NC(=O)C[C@@H](O)c3ccccc3)n(C3CCC3)c2c1. The summed E-state index contributed by atoms with van der Waals surface area (Å²) < 4.78 is 2.13. The molecule has 1 saturated carbocycles. The highest BCUT2D eigenvalue weighted by Crippen LogP contribution is 2.39. The molecule has 1 aromatic heterocycles. The first kappa shape index (κ1) is 17.3. The number of aromatic nitrogens is 1. The van der Waals surface area contributed by atoms with Gasteiger partial charge >= 0.3 is 0 Å². The Labute approximate surface area is 157 Å². The molecule has 4 rings (SSSR count). The van der Waals surface area contributed by atoms with Crippen molar-refractivity contribution in [2.24, 2.45) is 0 Å². The molecule has 0 radical (unpaired) electrons. The van der Waals surface area contributed by atoms with Crippen LogP contribution in [-0.2, 0) is 4.79 Å². The minimum Gasteiger partial charge on any atom is -0.388 e. The van der Waals surface area contributed by atoms with E-state index in [0.717, 1.165) is 35.1 Å². The summed E-state index contributed by atoms with van der Waals surface area (Å²) in [5, 5.41) is 23.5. The first-order valence-electron chi connectivity index (χ1n) is 9.23. The summed E-state index contributed by atoms with van der Waals surface area (Å²) in [6.07, 6.45) is 2.46. The van der Waals surface area contributed by atoms with Crippen molar-refractivity contribution in [3.8, 4) is 6.07 Å². The number of hydrogen-bond donors (Lipinski definition) is 2. The van der Waals surface area contributed by atoms with Crippen molar-refractivity contribution >= 4 is 22.6 Å². The summed E-state index contributed by atoms with van der Waals surface area (Å²) in [5.74, 6) is 0.505. The Morgan fingerprint density at radius 1 is 1.22 bits per heavy atom. The largest absolute Gasteiger partial charge is 0.388 e. The monoisotopic (exact) mass is 359 g/mol. The van der Waals surface area contributed by atoms with Crippen LogP contribution in [0.1, 0.15) is 49.0 Å². The van der Waals surface area contributed by atoms with Crippen LogP contribution in [0.15, 0.2) is 54.6 Å². The van der Waals surface area contributed by atoms with Crippen molar-refractivity contribution < 1.29 is 9.90 Å². The average molecular weight is 359 g/mol. The van der Waals surface area contributed by atoms with E-state index in [4.69, 9.17) is 0 Å². The molecule has 2 aromatic carbocycles. The number of rotatable bonds is 5. The smallest absolute Gasteiger partial charge is 0.228 e. The van der Waals surface area contributed by atoms with Crippen LogP contribution >= 0.6 is 0 Å². The predicted octanol–water partition coefficient (Wildman–Crippen LogP) is 4.30. The lowest BCUT2D eigenvalue weighted by molar-refractivity contribution is -0.118. The molecule has 0 unspecified atom stereocenters. The molecule has 3 aromatic rings. The number of hydrogen-bond acceptors (Lipinski definition) is 3. The molecule has 1 aliphatic carbocycles. The van der Waals surface area contributed by atoms with Crippen LogP contribution in [0, 0.1) is 11.3 Å². The van der Waals surface area contributed by atoms with E-state index in [9.17, 15) is 15.2 Å². The van der Waals surface area contributed by atoms with E-state index in [-0.39, 0.29) is 12.3 Å². The Morgan fingerprint density at radius 3 is 2.67 bits per heavy atom. The Morgan fingerprint density at radius 2 is 2.00 bits per heavy atom. The molecule has 1 fully saturated rings. The zero-order valence-electron chi connectivity index (χ0n) is 14.9. The van der Waals surface area contributed by atoms with Crippen LogP contribution in [0.5, 0.6) is 0 Å². The lowest BCUT2D eigenvalue weighted by atomic mass is 9.92. The molecule has 0 saturated heterocycles. The molecule has 1 atom stereocenters. The number of aliphatic hydroxyl groups excluding tert-OH is 1. The van der Waals surface area contributed by atoms with Crippen molar-refractivity contribution in [1.29, 1.82) is 5.26 Å². The van der Waals surface area contributed by atoms with Gasteiger partial charge in [-0.25, -0.2) is 0 Å². The fraction of sp³-hybridized carbons (Fsp3) is 0.273. The molecule has 136 valence electrons. The van der Waals surface area contributed by atoms with E-state index in [1.807, 2.05) is 48.5 Å². The van der Waals surface area contributed by atoms with Crippen molar-refractivity contribution in [2.75, 3.05) is 5.32 Å². The minimum absolute atomic E-state index is 0.000346. The van der Waals surface area contributed by atoms with Gasteiger partial charge in [-0.1, -0.05) is 36.4 Å². The van der Waals surface area contributed by atoms with Gasteiger partial charge in [-0.2, -0.15) is 5.26 Å². The van der Waals surface area contributed by atoms with Gasteiger partial charge in [-0.3, -0.25) is 4.79 Å². The number of benzene rings is 2. The predicted molar refractivity (Wildman–Crippen MR) is 104 cm³/mol. The second kappa shape index (κ2) is 7.26. The molecule has 27 heavy (non-hydrogen) atoms. The summed E-state index contributed by atoms with van der Waals surface area (Å²) in [5.41, 5.74) is 2.31. The summed E-state index contributed by atoms with van der Waals surface area (Å²) in [4.78, 5) is 12.5. The second-order valence-corrected chi connectivity index (χ2v) is 7.05. The highest BCUT2D eigenvalue weighted by atomic mass is 16.3. The Kier molecular flexibility index (Phi) is 4.66. The maximum Gasteiger partial charge on any atom is 0.228 e. The van der Waals surface area contributed by atoms with Gasteiger partial charge < -0.3 is 15.0 Å². The Bertz CT molecular complexity index is 1010. The third-order valence-corrected chi connectivity index (χ3v) is 5.24. The molecule has 1 aliphatic rings. The van der Waals surface area contributed by atoms with Gasteiger partial charge in [0.2, 0.25) is 5.91 Å². The number of carbonyl (C=O) groups is 1. The maximum absolute atomic E-state index is 12.5. The first-order chi connectivity index (χ1) is 13.2. The Balaban J connectivity index is 1.59. The quantitative estimate of drug-likeness (QED) is 0.713. The van der Waals surface area contributed by atoms with Crippen molar-refractivity contribution in [2.45, 2.75) is 37.8 Å². The zero-order valence-corrected chi connectivity index (χ0v) is 14.9. The van der Waals surface area contributed by atoms with E-state index in [1.165, 1.54) is 6.42 Å². The van der Waals surface area contributed by atoms with Crippen molar-refractivity contribution in [3.05, 3.63) is 65.7 Å². The van der Waals surface area contributed by atoms with Crippen LogP contribution in [-0.4, -0.2) is 15.6 Å². The molecule has 1 amide bonds. The van der Waals surface area contributed by atoms with Crippen molar-refractivity contribution in [1.82, 2.24) is 4.57 Å². The second-order valence-electron chi connectivity index (χ2n) is 7.05. The lowest BCUT2D eigenvalue weighted by Crippen LogP contribution is -2.22. The van der Waals surface area contributed by atoms with Gasteiger partial charge in [0.1, 0.15) is 5.82 Å². The van der Waals surface area contributed by atoms with E-state index >= 15 is 0 Å². The molecule has 2 N–H and O–H groups in total. The number of nitriles is 1. The molecule has 0 spiro atoms. The minimum atomic E-state index is -0.835. The first-order valence-corrected chi connectivity index (χ1v) is 9.23. The highest BCUT2D eigenvalue weighted by molar-refractivity contribution is 5.95. The van der Waals surface area contributed by atoms with E-state index in [1.54, 1.807) is 6.07 Å². The normalized spacial score (nSPS) is 15.1. The van der Waals surface area contributed by atoms with E-state index in [2.05, 4.69) is 16.0 Å². The molecule has 5 nitrogen and oxygen atoms in total. The number of anilines is 1. The third kappa shape index (κ3) is 3.44. The number of fused-ring (bicyclic) bond motifs is 1. The van der Waals surface area contributed by atoms with Gasteiger partial charge in [0.15, 0.2) is 0 Å². The van der Waals surface area contributed by atoms with Gasteiger partial charge in [0.25, 0.3) is 0 Å². The fourth-order valence-electron chi connectivity index (χ4n) is 3.59. The Hall–Kier alpha value is -3.10. The van der Waals surface area contributed by atoms with Gasteiger partial charge in [0.05, 0.1) is 29.7 Å². The van der Waals surface area contributed by atoms with Crippen LogP contribution < -0.4 is 5.32 Å². The molecule has 0 bridgehead atoms. The fourth-order valence-corrected chi connectivity index (χ4v) is 3.59. The third-order valence-electron chi connectivity index (χ3n) is 5.24. The highest BCUT2D eigenvalue weighted by Gasteiger charge is 2.25. The van der Waals surface area contributed by atoms with Crippen LogP contribution in [0.3, 0.4) is 0 Å². The molecule has 1 heterocycles. The van der Waals surface area contributed by atoms with Gasteiger partial charge in [-0.05, 0) is 43.0 Å². The zero-order chi connectivity index (χ0) is 18.8. The molecule has 5 heteroatoms. The number of amides is 1. The summed E-state index contributed by atoms with van der Waals surface area (Å²) in [6, 6.07) is 19.2.